The van der Waals surface area contributed by atoms with Crippen LogP contribution in [-0.4, -0.2) is 58.4 Å². The minimum absolute atomic E-state index is 0.0802. The lowest BCUT2D eigenvalue weighted by Gasteiger charge is -2.20. The molecule has 8 heteroatoms. The summed E-state index contributed by atoms with van der Waals surface area (Å²) in [6, 6.07) is -1.16. The molecule has 1 aliphatic rings. The van der Waals surface area contributed by atoms with E-state index < -0.39 is 17.9 Å². The molecule has 0 radical (unpaired) electrons. The summed E-state index contributed by atoms with van der Waals surface area (Å²) in [4.78, 5) is 33.7. The lowest BCUT2D eigenvalue weighted by Crippen LogP contribution is -2.46. The van der Waals surface area contributed by atoms with Gasteiger partial charge in [0.25, 0.3) is 5.91 Å². The molecule has 2 amide bonds. The highest BCUT2D eigenvalue weighted by Gasteiger charge is 2.25. The highest BCUT2D eigenvalue weighted by atomic mass is 16.4. The van der Waals surface area contributed by atoms with Gasteiger partial charge in [0.05, 0.1) is 0 Å². The van der Waals surface area contributed by atoms with Crippen LogP contribution in [0.25, 0.3) is 0 Å². The third-order valence-corrected chi connectivity index (χ3v) is 2.49. The topological polar surface area (TPSA) is 119 Å². The van der Waals surface area contributed by atoms with Gasteiger partial charge in [0.1, 0.15) is 11.8 Å². The number of hydrogen-bond acceptors (Lipinski definition) is 5. The van der Waals surface area contributed by atoms with Gasteiger partial charge in [-0.25, -0.2) is 9.80 Å². The molecule has 3 N–H and O–H groups in total. The lowest BCUT2D eigenvalue weighted by atomic mass is 10.1. The number of rotatable bonds is 5. The maximum atomic E-state index is 11.7. The van der Waals surface area contributed by atoms with Crippen molar-refractivity contribution in [1.82, 2.24) is 10.3 Å². The van der Waals surface area contributed by atoms with Gasteiger partial charge in [0.15, 0.2) is 0 Å². The first kappa shape index (κ1) is 14.1. The van der Waals surface area contributed by atoms with E-state index in [1.165, 1.54) is 7.05 Å². The first-order valence-electron chi connectivity index (χ1n) is 5.44. The van der Waals surface area contributed by atoms with Crippen LogP contribution >= 0.6 is 0 Å². The maximum absolute atomic E-state index is 11.7. The number of carbonyl (C=O) groups is 3. The zero-order valence-electron chi connectivity index (χ0n) is 9.92. The van der Waals surface area contributed by atoms with Gasteiger partial charge in [-0.1, -0.05) is 0 Å². The van der Waals surface area contributed by atoms with Crippen molar-refractivity contribution in [2.24, 2.45) is 5.10 Å². The molecule has 1 aliphatic heterocycles. The van der Waals surface area contributed by atoms with Gasteiger partial charge in [0, 0.05) is 32.9 Å². The smallest absolute Gasteiger partial charge is 0.326 e. The Kier molecular flexibility index (Phi) is 4.78. The largest absolute Gasteiger partial charge is 0.480 e. The van der Waals surface area contributed by atoms with Crippen LogP contribution in [0.5, 0.6) is 0 Å². The summed E-state index contributed by atoms with van der Waals surface area (Å²) in [5.74, 6) is -2.05. The van der Waals surface area contributed by atoms with Crippen molar-refractivity contribution in [1.29, 1.82) is 0 Å². The molecule has 0 aromatic rings. The first-order chi connectivity index (χ1) is 8.45. The molecule has 100 valence electrons. The van der Waals surface area contributed by atoms with Crippen molar-refractivity contribution >= 4 is 23.5 Å². The van der Waals surface area contributed by atoms with E-state index in [0.717, 1.165) is 5.01 Å². The fourth-order valence-electron chi connectivity index (χ4n) is 1.46. The van der Waals surface area contributed by atoms with Crippen LogP contribution in [0.15, 0.2) is 5.10 Å². The molecule has 0 aromatic carbocycles. The number of aliphatic carboxylic acids is 1. The number of carboxylic acids is 1. The molecule has 0 saturated heterocycles. The molecule has 0 fully saturated rings. The van der Waals surface area contributed by atoms with Gasteiger partial charge < -0.3 is 15.5 Å². The average Bonchev–Trinajstić information content (AvgIpc) is 2.31. The zero-order chi connectivity index (χ0) is 13.7. The van der Waals surface area contributed by atoms with Crippen LogP contribution in [0, 0.1) is 0 Å². The Balaban J connectivity index is 2.67. The summed E-state index contributed by atoms with van der Waals surface area (Å²) in [7, 11) is 1.43. The summed E-state index contributed by atoms with van der Waals surface area (Å²) >= 11 is 0. The number of nitrogens with one attached hydrogen (secondary N) is 1. The Morgan fingerprint density at radius 3 is 2.67 bits per heavy atom. The predicted octanol–water partition coefficient (Wildman–Crippen LogP) is -1.45. The molecule has 1 heterocycles. The van der Waals surface area contributed by atoms with Crippen molar-refractivity contribution in [3.8, 4) is 0 Å². The summed E-state index contributed by atoms with van der Waals surface area (Å²) in [6.45, 7) is -0.345. The Hall–Kier alpha value is -1.96. The minimum atomic E-state index is -1.22. The molecule has 0 saturated carbocycles. The Morgan fingerprint density at radius 1 is 1.50 bits per heavy atom. The van der Waals surface area contributed by atoms with Gasteiger partial charge in [-0.2, -0.15) is 5.10 Å². The van der Waals surface area contributed by atoms with Gasteiger partial charge >= 0.3 is 5.97 Å². The molecule has 0 aliphatic carbocycles. The van der Waals surface area contributed by atoms with Gasteiger partial charge in [0.2, 0.25) is 5.91 Å². The monoisotopic (exact) mass is 257 g/mol. The third kappa shape index (κ3) is 3.52. The fourth-order valence-corrected chi connectivity index (χ4v) is 1.46. The quantitative estimate of drug-likeness (QED) is 0.556. The van der Waals surface area contributed by atoms with Crippen LogP contribution in [0.2, 0.25) is 0 Å². The van der Waals surface area contributed by atoms with Gasteiger partial charge in [-0.3, -0.25) is 9.59 Å². The normalized spacial score (nSPS) is 17.1. The van der Waals surface area contributed by atoms with E-state index in [1.807, 2.05) is 0 Å². The molecule has 1 atom stereocenters. The third-order valence-electron chi connectivity index (χ3n) is 2.49. The van der Waals surface area contributed by atoms with Crippen LogP contribution in [0.3, 0.4) is 0 Å². The summed E-state index contributed by atoms with van der Waals surface area (Å²) < 4.78 is 0. The van der Waals surface area contributed by atoms with E-state index in [1.54, 1.807) is 0 Å². The van der Waals surface area contributed by atoms with E-state index >= 15 is 0 Å². The Morgan fingerprint density at radius 2 is 2.17 bits per heavy atom. The molecule has 0 aromatic heterocycles. The van der Waals surface area contributed by atoms with Crippen molar-refractivity contribution in [2.45, 2.75) is 25.3 Å². The molecule has 18 heavy (non-hydrogen) atoms. The summed E-state index contributed by atoms with van der Waals surface area (Å²) in [6.07, 6.45) is 0.268. The zero-order valence-corrected chi connectivity index (χ0v) is 9.92. The van der Waals surface area contributed by atoms with E-state index in [9.17, 15) is 14.4 Å². The number of hydrazone groups is 1. The number of hydrogen-bond donors (Lipinski definition) is 3. The van der Waals surface area contributed by atoms with Gasteiger partial charge in [-0.05, 0) is 0 Å². The number of amides is 2. The number of aliphatic hydroxyl groups is 1. The van der Waals surface area contributed by atoms with E-state index in [0.29, 0.717) is 0 Å². The van der Waals surface area contributed by atoms with E-state index in [-0.39, 0.29) is 37.5 Å². The van der Waals surface area contributed by atoms with Crippen LogP contribution in [-0.2, 0) is 14.4 Å². The van der Waals surface area contributed by atoms with Crippen LogP contribution in [0.1, 0.15) is 19.3 Å². The van der Waals surface area contributed by atoms with Crippen molar-refractivity contribution in [3.63, 3.8) is 0 Å². The van der Waals surface area contributed by atoms with Crippen molar-refractivity contribution in [3.05, 3.63) is 0 Å². The fraction of sp³-hybridized carbons (Fsp3) is 0.600. The second kappa shape index (κ2) is 6.10. The van der Waals surface area contributed by atoms with Crippen LogP contribution < -0.4 is 5.32 Å². The van der Waals surface area contributed by atoms with Gasteiger partial charge in [-0.15, -0.1) is 0 Å². The molecule has 1 rings (SSSR count). The summed E-state index contributed by atoms with van der Waals surface area (Å²) in [5, 5.41) is 24.6. The first-order valence-corrected chi connectivity index (χ1v) is 5.44. The molecular weight excluding hydrogens is 242 g/mol. The lowest BCUT2D eigenvalue weighted by molar-refractivity contribution is -0.141. The maximum Gasteiger partial charge on any atom is 0.326 e. The highest BCUT2D eigenvalue weighted by Crippen LogP contribution is 2.07. The number of aliphatic hydroxyl groups excluding tert-OH is 1. The molecule has 0 spiro atoms. The Labute approximate surface area is 103 Å². The van der Waals surface area contributed by atoms with Crippen molar-refractivity contribution < 1.29 is 24.6 Å². The highest BCUT2D eigenvalue weighted by molar-refractivity contribution is 6.39. The van der Waals surface area contributed by atoms with Crippen LogP contribution in [0.4, 0.5) is 0 Å². The predicted molar refractivity (Wildman–Crippen MR) is 60.7 cm³/mol. The number of nitrogens with zero attached hydrogens (tertiary/aromatic N) is 2. The second-order valence-corrected chi connectivity index (χ2v) is 3.84. The SMILES string of the molecule is CN1N=C(C(=O)N[C@@H](CCO)C(=O)O)CCC1=O. The minimum Gasteiger partial charge on any atom is -0.480 e. The van der Waals surface area contributed by atoms with E-state index in [4.69, 9.17) is 10.2 Å². The Bertz CT molecular complexity index is 393. The molecule has 0 unspecified atom stereocenters. The summed E-state index contributed by atoms with van der Waals surface area (Å²) in [5.41, 5.74) is 0.112. The standard InChI is InChI=1S/C10H15N3O5/c1-13-8(15)3-2-6(12-13)9(16)11-7(4-5-14)10(17)18/h7,14H,2-5H2,1H3,(H,11,16)(H,17,18)/t7-/m0/s1. The second-order valence-electron chi connectivity index (χ2n) is 3.84. The molecule has 0 bridgehead atoms. The average molecular weight is 257 g/mol. The molecule has 8 nitrogen and oxygen atoms in total. The van der Waals surface area contributed by atoms with Crippen molar-refractivity contribution in [2.75, 3.05) is 13.7 Å². The number of carbonyl (C=O) groups excluding carboxylic acids is 2. The molecular formula is C10H15N3O5. The van der Waals surface area contributed by atoms with E-state index in [2.05, 4.69) is 10.4 Å². The number of carboxylic acid groups (broad SMARTS) is 1.